The van der Waals surface area contributed by atoms with Crippen molar-refractivity contribution >= 4 is 29.4 Å². The van der Waals surface area contributed by atoms with Crippen LogP contribution >= 0.6 is 11.8 Å². The third kappa shape index (κ3) is 6.43. The van der Waals surface area contributed by atoms with Crippen LogP contribution in [0.1, 0.15) is 50.2 Å². The first kappa shape index (κ1) is 24.0. The molecule has 0 aromatic heterocycles. The Morgan fingerprint density at radius 2 is 2.06 bits per heavy atom. The van der Waals surface area contributed by atoms with Crippen molar-refractivity contribution in [3.05, 3.63) is 69.8 Å². The van der Waals surface area contributed by atoms with Crippen LogP contribution in [0, 0.1) is 10.1 Å². The average Bonchev–Trinajstić information content (AvgIpc) is 3.17. The SMILES string of the molecule is CC(C)c1ccccc1Sc1ccc(/C=C/C(=O)NCCC2CCCN2C)cc1[N+](=O)[O-]. The second-order valence-corrected chi connectivity index (χ2v) is 9.55. The Kier molecular flexibility index (Phi) is 8.47. The number of nitro benzene ring substituents is 1. The van der Waals surface area contributed by atoms with Gasteiger partial charge in [0.25, 0.3) is 5.69 Å². The van der Waals surface area contributed by atoms with E-state index in [1.54, 1.807) is 12.1 Å². The number of carbonyl (C=O) groups is 1. The number of likely N-dealkylation sites (tertiary alicyclic amines) is 1. The lowest BCUT2D eigenvalue weighted by Crippen LogP contribution is -2.31. The van der Waals surface area contributed by atoms with E-state index in [1.807, 2.05) is 24.3 Å². The van der Waals surface area contributed by atoms with Gasteiger partial charge in [-0.05, 0) is 68.1 Å². The zero-order chi connectivity index (χ0) is 23.1. The number of benzene rings is 2. The third-order valence-electron chi connectivity index (χ3n) is 5.82. The molecule has 1 heterocycles. The number of amides is 1. The Hall–Kier alpha value is -2.64. The number of nitrogens with zero attached hydrogens (tertiary/aromatic N) is 2. The maximum absolute atomic E-state index is 12.2. The number of nitro groups is 1. The Morgan fingerprint density at radius 1 is 1.28 bits per heavy atom. The van der Waals surface area contributed by atoms with Crippen molar-refractivity contribution in [1.29, 1.82) is 0 Å². The molecule has 170 valence electrons. The number of hydrogen-bond donors (Lipinski definition) is 1. The summed E-state index contributed by atoms with van der Waals surface area (Å²) in [6.45, 7) is 5.97. The molecule has 0 saturated carbocycles. The van der Waals surface area contributed by atoms with Crippen molar-refractivity contribution in [2.24, 2.45) is 0 Å². The van der Waals surface area contributed by atoms with Crippen LogP contribution in [0.2, 0.25) is 0 Å². The lowest BCUT2D eigenvalue weighted by atomic mass is 10.0. The lowest BCUT2D eigenvalue weighted by molar-refractivity contribution is -0.387. The van der Waals surface area contributed by atoms with Gasteiger partial charge >= 0.3 is 0 Å². The molecule has 1 unspecified atom stereocenters. The van der Waals surface area contributed by atoms with Gasteiger partial charge in [0.15, 0.2) is 0 Å². The highest BCUT2D eigenvalue weighted by molar-refractivity contribution is 7.99. The summed E-state index contributed by atoms with van der Waals surface area (Å²) in [5, 5.41) is 14.6. The maximum Gasteiger partial charge on any atom is 0.283 e. The van der Waals surface area contributed by atoms with Crippen LogP contribution in [-0.4, -0.2) is 41.9 Å². The highest BCUT2D eigenvalue weighted by atomic mass is 32.2. The molecule has 0 radical (unpaired) electrons. The minimum Gasteiger partial charge on any atom is -0.352 e. The molecule has 1 atom stereocenters. The number of rotatable bonds is 9. The molecule has 1 aliphatic heterocycles. The Bertz CT molecular complexity index is 990. The van der Waals surface area contributed by atoms with Gasteiger partial charge in [-0.2, -0.15) is 0 Å². The summed E-state index contributed by atoms with van der Waals surface area (Å²) >= 11 is 1.40. The Labute approximate surface area is 194 Å². The Morgan fingerprint density at radius 3 is 2.75 bits per heavy atom. The molecule has 1 saturated heterocycles. The fourth-order valence-corrected chi connectivity index (χ4v) is 5.15. The zero-order valence-electron chi connectivity index (χ0n) is 18.9. The van der Waals surface area contributed by atoms with E-state index in [4.69, 9.17) is 0 Å². The van der Waals surface area contributed by atoms with Crippen molar-refractivity contribution in [3.63, 3.8) is 0 Å². The van der Waals surface area contributed by atoms with Crippen LogP contribution in [0.5, 0.6) is 0 Å². The van der Waals surface area contributed by atoms with Gasteiger partial charge in [-0.25, -0.2) is 0 Å². The first-order valence-corrected chi connectivity index (χ1v) is 11.9. The summed E-state index contributed by atoms with van der Waals surface area (Å²) in [5.41, 5.74) is 1.83. The summed E-state index contributed by atoms with van der Waals surface area (Å²) in [5.74, 6) is 0.144. The zero-order valence-corrected chi connectivity index (χ0v) is 19.7. The van der Waals surface area contributed by atoms with E-state index in [1.165, 1.54) is 36.7 Å². The highest BCUT2D eigenvalue weighted by Gasteiger charge is 2.20. The predicted molar refractivity (Wildman–Crippen MR) is 130 cm³/mol. The quantitative estimate of drug-likeness (QED) is 0.309. The monoisotopic (exact) mass is 453 g/mol. The van der Waals surface area contributed by atoms with Crippen molar-refractivity contribution in [1.82, 2.24) is 10.2 Å². The molecule has 1 aliphatic rings. The van der Waals surface area contributed by atoms with Gasteiger partial charge in [0.2, 0.25) is 5.91 Å². The van der Waals surface area contributed by atoms with E-state index in [2.05, 4.69) is 37.2 Å². The van der Waals surface area contributed by atoms with Crippen LogP contribution in [0.4, 0.5) is 5.69 Å². The van der Waals surface area contributed by atoms with Crippen LogP contribution < -0.4 is 5.32 Å². The molecular formula is C25H31N3O3S. The minimum absolute atomic E-state index is 0.0420. The molecule has 32 heavy (non-hydrogen) atoms. The summed E-state index contributed by atoms with van der Waals surface area (Å²) in [6.07, 6.45) is 6.40. The molecule has 1 fully saturated rings. The van der Waals surface area contributed by atoms with Crippen LogP contribution in [0.3, 0.4) is 0 Å². The fourth-order valence-electron chi connectivity index (χ4n) is 3.97. The number of hydrogen-bond acceptors (Lipinski definition) is 5. The molecule has 3 rings (SSSR count). The second kappa shape index (κ2) is 11.3. The number of nitrogens with one attached hydrogen (secondary N) is 1. The standard InChI is InChI=1S/C25H31N3O3S/c1-18(2)21-8-4-5-9-23(21)32-24-12-10-19(17-22(24)28(30)31)11-13-25(29)26-15-14-20-7-6-16-27(20)3/h4-5,8-13,17-18,20H,6-7,14-16H2,1-3H3,(H,26,29)/b13-11+. The summed E-state index contributed by atoms with van der Waals surface area (Å²) in [6, 6.07) is 13.6. The van der Waals surface area contributed by atoms with Gasteiger partial charge in [-0.3, -0.25) is 14.9 Å². The van der Waals surface area contributed by atoms with E-state index < -0.39 is 0 Å². The van der Waals surface area contributed by atoms with E-state index in [-0.39, 0.29) is 16.5 Å². The van der Waals surface area contributed by atoms with Crippen LogP contribution in [0.15, 0.2) is 58.3 Å². The molecule has 2 aromatic carbocycles. The van der Waals surface area contributed by atoms with Crippen molar-refractivity contribution < 1.29 is 9.72 Å². The second-order valence-electron chi connectivity index (χ2n) is 8.47. The van der Waals surface area contributed by atoms with Gasteiger partial charge in [0.1, 0.15) is 0 Å². The molecule has 1 N–H and O–H groups in total. The van der Waals surface area contributed by atoms with Gasteiger partial charge < -0.3 is 10.2 Å². The molecule has 6 nitrogen and oxygen atoms in total. The first-order chi connectivity index (χ1) is 15.3. The normalized spacial score (nSPS) is 16.7. The van der Waals surface area contributed by atoms with E-state index in [9.17, 15) is 14.9 Å². The van der Waals surface area contributed by atoms with E-state index >= 15 is 0 Å². The van der Waals surface area contributed by atoms with E-state index in [0.717, 1.165) is 23.4 Å². The smallest absolute Gasteiger partial charge is 0.283 e. The minimum atomic E-state index is -0.365. The van der Waals surface area contributed by atoms with Crippen LogP contribution in [-0.2, 0) is 4.79 Å². The van der Waals surface area contributed by atoms with Crippen molar-refractivity contribution in [2.75, 3.05) is 20.1 Å². The Balaban J connectivity index is 1.65. The highest BCUT2D eigenvalue weighted by Crippen LogP contribution is 2.39. The van der Waals surface area contributed by atoms with E-state index in [0.29, 0.717) is 29.0 Å². The van der Waals surface area contributed by atoms with Gasteiger partial charge in [0.05, 0.1) is 9.82 Å². The molecule has 1 amide bonds. The topological polar surface area (TPSA) is 75.5 Å². The van der Waals surface area contributed by atoms with Crippen molar-refractivity contribution in [3.8, 4) is 0 Å². The third-order valence-corrected chi connectivity index (χ3v) is 6.97. The summed E-state index contributed by atoms with van der Waals surface area (Å²) in [7, 11) is 2.12. The largest absolute Gasteiger partial charge is 0.352 e. The molecule has 0 aliphatic carbocycles. The first-order valence-electron chi connectivity index (χ1n) is 11.1. The van der Waals surface area contributed by atoms with Crippen molar-refractivity contribution in [2.45, 2.75) is 54.9 Å². The van der Waals surface area contributed by atoms with Gasteiger partial charge in [-0.1, -0.05) is 49.9 Å². The lowest BCUT2D eigenvalue weighted by Gasteiger charge is -2.18. The predicted octanol–water partition coefficient (Wildman–Crippen LogP) is 5.48. The summed E-state index contributed by atoms with van der Waals surface area (Å²) in [4.78, 5) is 27.4. The maximum atomic E-state index is 12.2. The number of carbonyl (C=O) groups excluding carboxylic acids is 1. The van der Waals surface area contributed by atoms with Crippen LogP contribution in [0.25, 0.3) is 6.08 Å². The average molecular weight is 454 g/mol. The molecule has 0 bridgehead atoms. The molecule has 0 spiro atoms. The van der Waals surface area contributed by atoms with Gasteiger partial charge in [0, 0.05) is 29.6 Å². The molecule has 7 heteroatoms. The van der Waals surface area contributed by atoms with Gasteiger partial charge in [-0.15, -0.1) is 0 Å². The molecular weight excluding hydrogens is 422 g/mol. The molecule has 2 aromatic rings. The fraction of sp³-hybridized carbons (Fsp3) is 0.400. The summed E-state index contributed by atoms with van der Waals surface area (Å²) < 4.78 is 0.